The van der Waals surface area contributed by atoms with Gasteiger partial charge in [-0.1, -0.05) is 12.1 Å². The standard InChI is InChI=1S/C14H14F2N2O2/c1-17-13-11(15)7-12(16)14(18-13)20-8-9-3-5-10(19-2)6-4-9/h3-7H,8H2,1-2H3,(H,17,18). The topological polar surface area (TPSA) is 43.4 Å². The van der Waals surface area contributed by atoms with Gasteiger partial charge in [-0.15, -0.1) is 0 Å². The van der Waals surface area contributed by atoms with Crippen molar-refractivity contribution in [3.63, 3.8) is 0 Å². The number of nitrogens with one attached hydrogen (secondary N) is 1. The predicted molar refractivity (Wildman–Crippen MR) is 71.0 cm³/mol. The van der Waals surface area contributed by atoms with Gasteiger partial charge in [0.2, 0.25) is 0 Å². The lowest BCUT2D eigenvalue weighted by molar-refractivity contribution is 0.276. The quantitative estimate of drug-likeness (QED) is 0.914. The number of hydrogen-bond donors (Lipinski definition) is 1. The van der Waals surface area contributed by atoms with Crippen molar-refractivity contribution in [2.24, 2.45) is 0 Å². The Morgan fingerprint density at radius 1 is 1.15 bits per heavy atom. The maximum absolute atomic E-state index is 13.5. The van der Waals surface area contributed by atoms with E-state index in [2.05, 4.69) is 10.3 Å². The van der Waals surface area contributed by atoms with Gasteiger partial charge in [-0.25, -0.2) is 8.78 Å². The van der Waals surface area contributed by atoms with E-state index in [0.717, 1.165) is 17.4 Å². The van der Waals surface area contributed by atoms with E-state index in [1.165, 1.54) is 7.05 Å². The van der Waals surface area contributed by atoms with Crippen LogP contribution in [0.5, 0.6) is 11.6 Å². The molecule has 0 atom stereocenters. The van der Waals surface area contributed by atoms with E-state index >= 15 is 0 Å². The molecule has 1 aromatic carbocycles. The van der Waals surface area contributed by atoms with Crippen LogP contribution < -0.4 is 14.8 Å². The van der Waals surface area contributed by atoms with Gasteiger partial charge < -0.3 is 14.8 Å². The lowest BCUT2D eigenvalue weighted by Gasteiger charge is -2.09. The second-order valence-electron chi connectivity index (χ2n) is 3.99. The molecular formula is C14H14F2N2O2. The molecule has 0 fully saturated rings. The summed E-state index contributed by atoms with van der Waals surface area (Å²) in [4.78, 5) is 3.73. The van der Waals surface area contributed by atoms with Crippen molar-refractivity contribution in [2.75, 3.05) is 19.5 Å². The van der Waals surface area contributed by atoms with Gasteiger partial charge >= 0.3 is 0 Å². The van der Waals surface area contributed by atoms with E-state index in [0.29, 0.717) is 0 Å². The van der Waals surface area contributed by atoms with Gasteiger partial charge in [0.05, 0.1) is 7.11 Å². The first kappa shape index (κ1) is 14.0. The van der Waals surface area contributed by atoms with Crippen molar-refractivity contribution >= 4 is 5.82 Å². The SMILES string of the molecule is CNc1nc(OCc2ccc(OC)cc2)c(F)cc1F. The molecule has 0 amide bonds. The second-order valence-corrected chi connectivity index (χ2v) is 3.99. The van der Waals surface area contributed by atoms with Crippen molar-refractivity contribution in [1.82, 2.24) is 4.98 Å². The zero-order valence-electron chi connectivity index (χ0n) is 11.1. The third-order valence-electron chi connectivity index (χ3n) is 2.67. The number of aromatic nitrogens is 1. The van der Waals surface area contributed by atoms with E-state index in [4.69, 9.17) is 9.47 Å². The van der Waals surface area contributed by atoms with Crippen LogP contribution >= 0.6 is 0 Å². The summed E-state index contributed by atoms with van der Waals surface area (Å²) in [5.74, 6) is -1.18. The third-order valence-corrected chi connectivity index (χ3v) is 2.67. The van der Waals surface area contributed by atoms with E-state index in [9.17, 15) is 8.78 Å². The Morgan fingerprint density at radius 3 is 2.45 bits per heavy atom. The maximum atomic E-state index is 13.5. The first-order valence-electron chi connectivity index (χ1n) is 5.93. The summed E-state index contributed by atoms with van der Waals surface area (Å²) >= 11 is 0. The Bertz CT molecular complexity index is 588. The van der Waals surface area contributed by atoms with Crippen molar-refractivity contribution in [2.45, 2.75) is 6.61 Å². The highest BCUT2D eigenvalue weighted by atomic mass is 19.1. The van der Waals surface area contributed by atoms with Crippen LogP contribution in [0.4, 0.5) is 14.6 Å². The zero-order chi connectivity index (χ0) is 14.5. The Labute approximate surface area is 115 Å². The lowest BCUT2D eigenvalue weighted by Crippen LogP contribution is -2.04. The summed E-state index contributed by atoms with van der Waals surface area (Å²) in [6.07, 6.45) is 0. The Balaban J connectivity index is 2.09. The summed E-state index contributed by atoms with van der Waals surface area (Å²) in [7, 11) is 3.07. The smallest absolute Gasteiger partial charge is 0.252 e. The van der Waals surface area contributed by atoms with Gasteiger partial charge in [-0.05, 0) is 17.7 Å². The highest BCUT2D eigenvalue weighted by Crippen LogP contribution is 2.21. The summed E-state index contributed by atoms with van der Waals surface area (Å²) < 4.78 is 37.0. The number of nitrogens with zero attached hydrogens (tertiary/aromatic N) is 1. The molecule has 0 aliphatic rings. The van der Waals surface area contributed by atoms with Crippen LogP contribution in [0, 0.1) is 11.6 Å². The first-order chi connectivity index (χ1) is 9.63. The van der Waals surface area contributed by atoms with Crippen LogP contribution in [-0.2, 0) is 6.61 Å². The third kappa shape index (κ3) is 3.14. The van der Waals surface area contributed by atoms with Crippen molar-refractivity contribution in [3.8, 4) is 11.6 Å². The van der Waals surface area contributed by atoms with Crippen LogP contribution in [-0.4, -0.2) is 19.1 Å². The number of anilines is 1. The minimum absolute atomic E-state index is 0.0591. The van der Waals surface area contributed by atoms with Gasteiger partial charge in [-0.2, -0.15) is 4.98 Å². The van der Waals surface area contributed by atoms with Crippen molar-refractivity contribution < 1.29 is 18.3 Å². The molecule has 106 valence electrons. The molecule has 0 saturated carbocycles. The van der Waals surface area contributed by atoms with Crippen molar-refractivity contribution in [3.05, 3.63) is 47.5 Å². The Morgan fingerprint density at radius 2 is 1.85 bits per heavy atom. The van der Waals surface area contributed by atoms with Crippen LogP contribution in [0.2, 0.25) is 0 Å². The molecule has 0 aliphatic carbocycles. The minimum Gasteiger partial charge on any atom is -0.497 e. The van der Waals surface area contributed by atoms with Gasteiger partial charge in [-0.3, -0.25) is 0 Å². The molecule has 0 saturated heterocycles. The van der Waals surface area contributed by atoms with Crippen LogP contribution in [0.15, 0.2) is 30.3 Å². The van der Waals surface area contributed by atoms with E-state index < -0.39 is 11.6 Å². The molecule has 0 radical (unpaired) electrons. The summed E-state index contributed by atoms with van der Waals surface area (Å²) in [5, 5.41) is 2.53. The number of methoxy groups -OCH3 is 1. The van der Waals surface area contributed by atoms with Crippen LogP contribution in [0.3, 0.4) is 0 Å². The fourth-order valence-electron chi connectivity index (χ4n) is 1.60. The molecule has 2 aromatic rings. The summed E-state index contributed by atoms with van der Waals surface area (Å²) in [5.41, 5.74) is 0.822. The number of pyridine rings is 1. The van der Waals surface area contributed by atoms with Crippen molar-refractivity contribution in [1.29, 1.82) is 0 Å². The average Bonchev–Trinajstić information content (AvgIpc) is 2.47. The Hall–Kier alpha value is -2.37. The second kappa shape index (κ2) is 6.18. The number of benzene rings is 1. The molecule has 1 N–H and O–H groups in total. The number of ether oxygens (including phenoxy) is 2. The monoisotopic (exact) mass is 280 g/mol. The van der Waals surface area contributed by atoms with Crippen LogP contribution in [0.25, 0.3) is 0 Å². The Kier molecular flexibility index (Phi) is 4.34. The molecule has 0 bridgehead atoms. The predicted octanol–water partition coefficient (Wildman–Crippen LogP) is 2.99. The highest BCUT2D eigenvalue weighted by molar-refractivity contribution is 5.39. The van der Waals surface area contributed by atoms with Crippen LogP contribution in [0.1, 0.15) is 5.56 Å². The molecule has 0 unspecified atom stereocenters. The molecule has 20 heavy (non-hydrogen) atoms. The molecule has 1 heterocycles. The van der Waals surface area contributed by atoms with Gasteiger partial charge in [0.25, 0.3) is 5.88 Å². The molecule has 2 rings (SSSR count). The largest absolute Gasteiger partial charge is 0.497 e. The number of halogens is 2. The fourth-order valence-corrected chi connectivity index (χ4v) is 1.60. The van der Waals surface area contributed by atoms with E-state index in [-0.39, 0.29) is 18.3 Å². The van der Waals surface area contributed by atoms with E-state index in [1.807, 2.05) is 0 Å². The highest BCUT2D eigenvalue weighted by Gasteiger charge is 2.12. The maximum Gasteiger partial charge on any atom is 0.252 e. The number of rotatable bonds is 5. The molecule has 6 heteroatoms. The van der Waals surface area contributed by atoms with Gasteiger partial charge in [0, 0.05) is 13.1 Å². The minimum atomic E-state index is -0.838. The number of hydrogen-bond acceptors (Lipinski definition) is 4. The lowest BCUT2D eigenvalue weighted by atomic mass is 10.2. The molecule has 0 aliphatic heterocycles. The average molecular weight is 280 g/mol. The summed E-state index contributed by atoms with van der Waals surface area (Å²) in [6.45, 7) is 0.128. The van der Waals surface area contributed by atoms with Gasteiger partial charge in [0.1, 0.15) is 12.4 Å². The normalized spacial score (nSPS) is 10.2. The molecule has 1 aromatic heterocycles. The fraction of sp³-hybridized carbons (Fsp3) is 0.214. The van der Waals surface area contributed by atoms with Gasteiger partial charge in [0.15, 0.2) is 17.5 Å². The molecular weight excluding hydrogens is 266 g/mol. The zero-order valence-corrected chi connectivity index (χ0v) is 11.1. The first-order valence-corrected chi connectivity index (χ1v) is 5.93. The molecule has 4 nitrogen and oxygen atoms in total. The van der Waals surface area contributed by atoms with E-state index in [1.54, 1.807) is 31.4 Å². The summed E-state index contributed by atoms with van der Waals surface area (Å²) in [6, 6.07) is 7.86. The molecule has 0 spiro atoms.